The fourth-order valence-corrected chi connectivity index (χ4v) is 3.34. The molecule has 2 heterocycles. The van der Waals surface area contributed by atoms with Crippen molar-refractivity contribution in [2.24, 2.45) is 7.05 Å². The molecule has 3 rings (SSSR count). The lowest BCUT2D eigenvalue weighted by molar-refractivity contribution is 0.0240. The number of nitrogens with zero attached hydrogens (tertiary/aromatic N) is 3. The van der Waals surface area contributed by atoms with E-state index in [-0.39, 0.29) is 17.4 Å². The number of piperazine rings is 1. The number of fused-ring (bicyclic) bond motifs is 1. The van der Waals surface area contributed by atoms with Gasteiger partial charge >= 0.3 is 6.09 Å². The number of carbonyl (C=O) groups excluding carboxylic acids is 1. The number of amides is 1. The van der Waals surface area contributed by atoms with Crippen molar-refractivity contribution in [1.82, 2.24) is 9.47 Å². The van der Waals surface area contributed by atoms with E-state index in [1.807, 2.05) is 26.8 Å². The quantitative estimate of drug-likeness (QED) is 0.832. The number of benzene rings is 1. The number of ether oxygens (including phenoxy) is 1. The molecule has 1 aliphatic heterocycles. The van der Waals surface area contributed by atoms with Crippen molar-refractivity contribution >= 4 is 22.7 Å². The van der Waals surface area contributed by atoms with E-state index in [2.05, 4.69) is 4.90 Å². The number of aromatic hydroxyl groups is 1. The van der Waals surface area contributed by atoms with Gasteiger partial charge in [-0.1, -0.05) is 0 Å². The van der Waals surface area contributed by atoms with Gasteiger partial charge in [0.05, 0.1) is 5.52 Å². The van der Waals surface area contributed by atoms with Gasteiger partial charge in [0.1, 0.15) is 11.4 Å². The maximum absolute atomic E-state index is 12.2. The molecule has 1 aromatic carbocycles. The van der Waals surface area contributed by atoms with Crippen molar-refractivity contribution < 1.29 is 14.6 Å². The summed E-state index contributed by atoms with van der Waals surface area (Å²) in [4.78, 5) is 28.2. The molecular weight excluding hydrogens is 346 g/mol. The van der Waals surface area contributed by atoms with Crippen LogP contribution in [0.4, 0.5) is 10.5 Å². The summed E-state index contributed by atoms with van der Waals surface area (Å²) in [5.41, 5.74) is 1.53. The van der Waals surface area contributed by atoms with Gasteiger partial charge in [-0.05, 0) is 39.8 Å². The predicted octanol–water partition coefficient (Wildman–Crippen LogP) is 2.61. The molecule has 1 aromatic heterocycles. The Morgan fingerprint density at radius 2 is 1.74 bits per heavy atom. The fraction of sp³-hybridized carbons (Fsp3) is 0.500. The van der Waals surface area contributed by atoms with Gasteiger partial charge < -0.3 is 24.2 Å². The molecule has 1 N–H and O–H groups in total. The van der Waals surface area contributed by atoms with Gasteiger partial charge in [0.15, 0.2) is 0 Å². The standard InChI is InChI=1S/C20H27N3O4/c1-13-10-15-16(21(5)18(13)25)11-14(12-17(15)24)22-6-8-23(9-7-22)19(26)27-20(2,3)4/h10-12,24H,6-9H2,1-5H3. The molecule has 1 aliphatic rings. The van der Waals surface area contributed by atoms with Gasteiger partial charge in [0.2, 0.25) is 0 Å². The molecule has 7 nitrogen and oxygen atoms in total. The average molecular weight is 373 g/mol. The molecule has 0 radical (unpaired) electrons. The third-order valence-electron chi connectivity index (χ3n) is 4.78. The highest BCUT2D eigenvalue weighted by atomic mass is 16.6. The van der Waals surface area contributed by atoms with E-state index in [1.165, 1.54) is 0 Å². The summed E-state index contributed by atoms with van der Waals surface area (Å²) in [6.45, 7) is 9.64. The number of hydrogen-bond acceptors (Lipinski definition) is 5. The first-order chi connectivity index (χ1) is 12.6. The first-order valence-corrected chi connectivity index (χ1v) is 9.13. The fourth-order valence-electron chi connectivity index (χ4n) is 3.34. The Morgan fingerprint density at radius 3 is 2.33 bits per heavy atom. The topological polar surface area (TPSA) is 75.0 Å². The number of carbonyl (C=O) groups is 1. The van der Waals surface area contributed by atoms with E-state index in [4.69, 9.17) is 4.74 Å². The molecule has 0 saturated carbocycles. The maximum atomic E-state index is 12.2. The third kappa shape index (κ3) is 3.86. The highest BCUT2D eigenvalue weighted by Crippen LogP contribution is 2.31. The Bertz CT molecular complexity index is 935. The number of aryl methyl sites for hydroxylation is 2. The molecule has 7 heteroatoms. The lowest BCUT2D eigenvalue weighted by Crippen LogP contribution is -2.50. The summed E-state index contributed by atoms with van der Waals surface area (Å²) in [6.07, 6.45) is -0.304. The molecule has 0 unspecified atom stereocenters. The second-order valence-electron chi connectivity index (χ2n) is 8.04. The van der Waals surface area contributed by atoms with Crippen LogP contribution in [0.3, 0.4) is 0 Å². The van der Waals surface area contributed by atoms with Crippen LogP contribution in [0.15, 0.2) is 23.0 Å². The summed E-state index contributed by atoms with van der Waals surface area (Å²) in [5.74, 6) is 0.149. The first-order valence-electron chi connectivity index (χ1n) is 9.13. The van der Waals surface area contributed by atoms with Gasteiger partial charge in [-0.25, -0.2) is 4.79 Å². The zero-order valence-corrected chi connectivity index (χ0v) is 16.6. The Balaban J connectivity index is 1.82. The number of phenolic OH excluding ortho intramolecular Hbond substituents is 1. The number of rotatable bonds is 1. The average Bonchev–Trinajstić information content (AvgIpc) is 2.59. The van der Waals surface area contributed by atoms with Crippen molar-refractivity contribution in [3.8, 4) is 5.75 Å². The zero-order chi connectivity index (χ0) is 19.9. The smallest absolute Gasteiger partial charge is 0.410 e. The number of anilines is 1. The van der Waals surface area contributed by atoms with Crippen molar-refractivity contribution in [1.29, 1.82) is 0 Å². The SMILES string of the molecule is Cc1cc2c(O)cc(N3CCN(C(=O)OC(C)(C)C)CC3)cc2n(C)c1=O. The molecule has 1 fully saturated rings. The Kier molecular flexibility index (Phi) is 4.80. The van der Waals surface area contributed by atoms with Gasteiger partial charge in [0.25, 0.3) is 5.56 Å². The van der Waals surface area contributed by atoms with E-state index in [0.717, 1.165) is 5.69 Å². The maximum Gasteiger partial charge on any atom is 0.410 e. The van der Waals surface area contributed by atoms with Crippen LogP contribution in [-0.4, -0.2) is 52.4 Å². The number of hydrogen-bond donors (Lipinski definition) is 1. The van der Waals surface area contributed by atoms with Gasteiger partial charge in [-0.15, -0.1) is 0 Å². The van der Waals surface area contributed by atoms with Gasteiger partial charge in [0, 0.05) is 55.9 Å². The molecule has 0 spiro atoms. The summed E-state index contributed by atoms with van der Waals surface area (Å²) >= 11 is 0. The van der Waals surface area contributed by atoms with E-state index < -0.39 is 5.60 Å². The molecule has 1 saturated heterocycles. The zero-order valence-electron chi connectivity index (χ0n) is 16.6. The number of pyridine rings is 1. The Morgan fingerprint density at radius 1 is 1.11 bits per heavy atom. The van der Waals surface area contributed by atoms with Gasteiger partial charge in [-0.2, -0.15) is 0 Å². The Hall–Kier alpha value is -2.70. The molecule has 2 aromatic rings. The lowest BCUT2D eigenvalue weighted by atomic mass is 10.1. The van der Waals surface area contributed by atoms with E-state index >= 15 is 0 Å². The molecule has 146 valence electrons. The Labute approximate surface area is 158 Å². The summed E-state index contributed by atoms with van der Waals surface area (Å²) in [7, 11) is 1.71. The van der Waals surface area contributed by atoms with E-state index in [9.17, 15) is 14.7 Å². The van der Waals surface area contributed by atoms with Crippen LogP contribution in [0.2, 0.25) is 0 Å². The summed E-state index contributed by atoms with van der Waals surface area (Å²) in [5, 5.41) is 11.1. The minimum atomic E-state index is -0.513. The van der Waals surface area contributed by atoms with Crippen molar-refractivity contribution in [3.05, 3.63) is 34.1 Å². The molecule has 0 atom stereocenters. The van der Waals surface area contributed by atoms with Crippen molar-refractivity contribution in [2.45, 2.75) is 33.3 Å². The predicted molar refractivity (Wildman–Crippen MR) is 106 cm³/mol. The summed E-state index contributed by atoms with van der Waals surface area (Å²) in [6, 6.07) is 5.35. The second-order valence-corrected chi connectivity index (χ2v) is 8.04. The number of phenols is 1. The van der Waals surface area contributed by atoms with Crippen molar-refractivity contribution in [2.75, 3.05) is 31.1 Å². The summed E-state index contributed by atoms with van der Waals surface area (Å²) < 4.78 is 6.99. The van der Waals surface area contributed by atoms with E-state index in [1.54, 1.807) is 35.6 Å². The molecular formula is C20H27N3O4. The van der Waals surface area contributed by atoms with Crippen LogP contribution in [0.5, 0.6) is 5.75 Å². The minimum Gasteiger partial charge on any atom is -0.507 e. The third-order valence-corrected chi connectivity index (χ3v) is 4.78. The normalized spacial score (nSPS) is 15.3. The monoisotopic (exact) mass is 373 g/mol. The minimum absolute atomic E-state index is 0.0752. The molecule has 27 heavy (non-hydrogen) atoms. The van der Waals surface area contributed by atoms with Crippen LogP contribution in [-0.2, 0) is 11.8 Å². The highest BCUT2D eigenvalue weighted by molar-refractivity contribution is 5.89. The molecule has 0 bridgehead atoms. The largest absolute Gasteiger partial charge is 0.507 e. The van der Waals surface area contributed by atoms with Crippen LogP contribution >= 0.6 is 0 Å². The first kappa shape index (κ1) is 19.1. The van der Waals surface area contributed by atoms with Crippen LogP contribution < -0.4 is 10.5 Å². The highest BCUT2D eigenvalue weighted by Gasteiger charge is 2.26. The van der Waals surface area contributed by atoms with Gasteiger partial charge in [-0.3, -0.25) is 4.79 Å². The van der Waals surface area contributed by atoms with Crippen LogP contribution in [0, 0.1) is 6.92 Å². The molecule has 1 amide bonds. The second kappa shape index (κ2) is 6.79. The van der Waals surface area contributed by atoms with Crippen LogP contribution in [0.25, 0.3) is 10.9 Å². The molecule has 0 aliphatic carbocycles. The van der Waals surface area contributed by atoms with Crippen LogP contribution in [0.1, 0.15) is 26.3 Å². The lowest BCUT2D eigenvalue weighted by Gasteiger charge is -2.37. The van der Waals surface area contributed by atoms with E-state index in [0.29, 0.717) is 42.6 Å². The number of aromatic nitrogens is 1. The van der Waals surface area contributed by atoms with Crippen molar-refractivity contribution in [3.63, 3.8) is 0 Å².